The molecule has 0 aliphatic heterocycles. The molecule has 17 valence electrons. The van der Waals surface area contributed by atoms with Gasteiger partial charge in [0.25, 0.3) is 0 Å². The smallest absolute Gasteiger partial charge is 0.0579 e. The van der Waals surface area contributed by atoms with Gasteiger partial charge in [0, 0.05) is 49.0 Å². The van der Waals surface area contributed by atoms with Crippen molar-refractivity contribution in [3.05, 3.63) is 0 Å². The maximum absolute atomic E-state index is 6.47. The Labute approximate surface area is 64.9 Å². The Morgan fingerprint density at radius 3 is 1.25 bits per heavy atom. The van der Waals surface area contributed by atoms with E-state index < -0.39 is 0 Å². The van der Waals surface area contributed by atoms with Gasteiger partial charge in [-0.2, -0.15) is 0 Å². The second kappa shape index (κ2) is 20.8. The summed E-state index contributed by atoms with van der Waals surface area (Å²) in [5.74, 6) is 0. The van der Waals surface area contributed by atoms with Gasteiger partial charge in [-0.05, 0) is 0 Å². The molecule has 0 aliphatic carbocycles. The van der Waals surface area contributed by atoms with Gasteiger partial charge in [0.2, 0.25) is 0 Å². The zero-order valence-electron chi connectivity index (χ0n) is 2.53. The van der Waals surface area contributed by atoms with Crippen LogP contribution >= 0.6 is 11.9 Å². The topological polar surface area (TPSA) is 20.2 Å². The van der Waals surface area contributed by atoms with E-state index in [9.17, 15) is 0 Å². The molecule has 0 aromatic heterocycles. The molecule has 0 amide bonds. The van der Waals surface area contributed by atoms with Crippen LogP contribution in [0.4, 0.5) is 0 Å². The molecule has 0 unspecified atom stereocenters. The van der Waals surface area contributed by atoms with E-state index in [2.05, 4.69) is 11.9 Å². The SMILES string of the molecule is OCl.[Na].[Zn]. The number of halogens is 1. The molecule has 0 atom stereocenters. The second-order valence-electron chi connectivity index (χ2n) is 0. The molecule has 0 spiro atoms. The summed E-state index contributed by atoms with van der Waals surface area (Å²) in [5, 5.41) is 0. The van der Waals surface area contributed by atoms with E-state index in [0.29, 0.717) is 0 Å². The first-order valence-corrected chi connectivity index (χ1v) is 0.507. The minimum Gasteiger partial charge on any atom is -0.295 e. The third-order valence-corrected chi connectivity index (χ3v) is 0. The molecule has 0 aromatic rings. The zero-order chi connectivity index (χ0) is 2.00. The van der Waals surface area contributed by atoms with Crippen LogP contribution in [0.3, 0.4) is 0 Å². The Morgan fingerprint density at radius 1 is 1.25 bits per heavy atom. The van der Waals surface area contributed by atoms with Gasteiger partial charge in [0.05, 0.1) is 11.9 Å². The maximum atomic E-state index is 6.47. The van der Waals surface area contributed by atoms with Gasteiger partial charge in [-0.15, -0.1) is 0 Å². The predicted molar refractivity (Wildman–Crippen MR) is 13.8 cm³/mol. The van der Waals surface area contributed by atoms with E-state index in [-0.39, 0.29) is 49.0 Å². The summed E-state index contributed by atoms with van der Waals surface area (Å²) < 4.78 is 6.47. The zero-order valence-corrected chi connectivity index (χ0v) is 8.26. The first kappa shape index (κ1) is 16.9. The van der Waals surface area contributed by atoms with E-state index in [4.69, 9.17) is 4.66 Å². The Bertz CT molecular complexity index is 8.00. The molecule has 0 heterocycles. The Morgan fingerprint density at radius 2 is 1.25 bits per heavy atom. The first-order valence-electron chi connectivity index (χ1n) is 0.169. The third-order valence-electron chi connectivity index (χ3n) is 0. The fraction of sp³-hybridized carbons (Fsp3) is 0. The standard InChI is InChI=1S/ClHO.Na.Zn/c1-2;;/h2H;;. The van der Waals surface area contributed by atoms with E-state index >= 15 is 0 Å². The van der Waals surface area contributed by atoms with Crippen LogP contribution in [0.5, 0.6) is 0 Å². The van der Waals surface area contributed by atoms with Crippen LogP contribution < -0.4 is 0 Å². The van der Waals surface area contributed by atoms with Crippen molar-refractivity contribution in [2.75, 3.05) is 0 Å². The van der Waals surface area contributed by atoms with E-state index in [0.717, 1.165) is 0 Å². The van der Waals surface area contributed by atoms with Gasteiger partial charge < -0.3 is 0 Å². The maximum Gasteiger partial charge on any atom is 0.0579 e. The van der Waals surface area contributed by atoms with Gasteiger partial charge >= 0.3 is 0 Å². The van der Waals surface area contributed by atoms with Gasteiger partial charge in [-0.25, -0.2) is 0 Å². The molecule has 4 heavy (non-hydrogen) atoms. The van der Waals surface area contributed by atoms with Crippen LogP contribution in [0.15, 0.2) is 0 Å². The number of rotatable bonds is 0. The number of hydrogen-bond acceptors (Lipinski definition) is 1. The van der Waals surface area contributed by atoms with Crippen LogP contribution in [0.1, 0.15) is 0 Å². The summed E-state index contributed by atoms with van der Waals surface area (Å²) in [6.45, 7) is 0. The molecular weight excluding hydrogens is 140 g/mol. The summed E-state index contributed by atoms with van der Waals surface area (Å²) in [5.41, 5.74) is 0. The van der Waals surface area contributed by atoms with Crippen molar-refractivity contribution in [3.8, 4) is 0 Å². The molecule has 0 aliphatic rings. The summed E-state index contributed by atoms with van der Waals surface area (Å²) >= 11 is 3.64. The van der Waals surface area contributed by atoms with Gasteiger partial charge in [0.1, 0.15) is 0 Å². The van der Waals surface area contributed by atoms with Crippen molar-refractivity contribution in [1.82, 2.24) is 0 Å². The largest absolute Gasteiger partial charge is 0.295 e. The van der Waals surface area contributed by atoms with Crippen LogP contribution in [0.2, 0.25) is 0 Å². The predicted octanol–water partition coefficient (Wildman–Crippen LogP) is -0.251. The summed E-state index contributed by atoms with van der Waals surface area (Å²) in [6, 6.07) is 0. The third kappa shape index (κ3) is 9.11. The Hall–Kier alpha value is 1.87. The molecule has 1 nitrogen and oxygen atoms in total. The van der Waals surface area contributed by atoms with Crippen molar-refractivity contribution >= 4 is 41.4 Å². The normalized spacial score (nSPS) is 1.50. The monoisotopic (exact) mass is 139 g/mol. The molecule has 1 N–H and O–H groups in total. The van der Waals surface area contributed by atoms with Crippen molar-refractivity contribution in [2.24, 2.45) is 0 Å². The summed E-state index contributed by atoms with van der Waals surface area (Å²) in [6.07, 6.45) is 0. The van der Waals surface area contributed by atoms with Crippen molar-refractivity contribution in [3.63, 3.8) is 0 Å². The van der Waals surface area contributed by atoms with E-state index in [1.54, 1.807) is 0 Å². The molecular formula is HClNaOZn. The minimum atomic E-state index is 0. The van der Waals surface area contributed by atoms with Crippen molar-refractivity contribution < 1.29 is 24.1 Å². The molecule has 4 heteroatoms. The summed E-state index contributed by atoms with van der Waals surface area (Å²) in [4.78, 5) is 0. The minimum absolute atomic E-state index is 0. The summed E-state index contributed by atoms with van der Waals surface area (Å²) in [7, 11) is 0. The molecule has 0 fully saturated rings. The van der Waals surface area contributed by atoms with Crippen LogP contribution in [-0.4, -0.2) is 34.2 Å². The fourth-order valence-corrected chi connectivity index (χ4v) is 0. The van der Waals surface area contributed by atoms with E-state index in [1.807, 2.05) is 0 Å². The molecule has 1 radical (unpaired) electrons. The van der Waals surface area contributed by atoms with Crippen molar-refractivity contribution in [2.45, 2.75) is 0 Å². The number of hydrogen-bond donors (Lipinski definition) is 1. The molecule has 0 bridgehead atoms. The van der Waals surface area contributed by atoms with Crippen LogP contribution in [-0.2, 0) is 19.5 Å². The molecule has 0 saturated heterocycles. The van der Waals surface area contributed by atoms with E-state index in [1.165, 1.54) is 0 Å². The van der Waals surface area contributed by atoms with Crippen LogP contribution in [0.25, 0.3) is 0 Å². The molecule has 0 aromatic carbocycles. The quantitative estimate of drug-likeness (QED) is 0.461. The van der Waals surface area contributed by atoms with Crippen molar-refractivity contribution in [1.29, 1.82) is 0 Å². The van der Waals surface area contributed by atoms with Crippen LogP contribution in [0, 0.1) is 0 Å². The molecule has 0 rings (SSSR count). The van der Waals surface area contributed by atoms with Gasteiger partial charge in [-0.3, -0.25) is 4.66 Å². The molecule has 0 saturated carbocycles. The van der Waals surface area contributed by atoms with Gasteiger partial charge in [0.15, 0.2) is 0 Å². The average molecular weight is 141 g/mol. The first-order chi connectivity index (χ1) is 1.00. The van der Waals surface area contributed by atoms with Gasteiger partial charge in [-0.1, -0.05) is 0 Å². The Kier molecular flexibility index (Phi) is 88.0. The second-order valence-corrected chi connectivity index (χ2v) is 0. The average Bonchev–Trinajstić information content (AvgIpc) is 1.00. The Balaban J connectivity index is -0.00000000500. The fourth-order valence-electron chi connectivity index (χ4n) is 0.